The summed E-state index contributed by atoms with van der Waals surface area (Å²) in [5.74, 6) is -0.656. The standard InChI is InChI=1S/C20H17N3O2/c1-14-9-11-15(12-10-14)22-19(24)16-6-2-3-7-17(16)23-20(25)18-8-4-5-13-21-18/h2-13H,1H3,(H,22,24)(H,23,25). The Morgan fingerprint density at radius 2 is 1.52 bits per heavy atom. The first-order valence-electron chi connectivity index (χ1n) is 7.83. The topological polar surface area (TPSA) is 71.1 Å². The number of carbonyl (C=O) groups excluding carboxylic acids is 2. The third-order valence-electron chi connectivity index (χ3n) is 3.63. The quantitative estimate of drug-likeness (QED) is 0.762. The zero-order chi connectivity index (χ0) is 17.6. The van der Waals surface area contributed by atoms with Crippen molar-refractivity contribution >= 4 is 23.2 Å². The second-order valence-electron chi connectivity index (χ2n) is 5.53. The number of nitrogens with one attached hydrogen (secondary N) is 2. The fourth-order valence-corrected chi connectivity index (χ4v) is 2.31. The van der Waals surface area contributed by atoms with E-state index in [2.05, 4.69) is 15.6 Å². The minimum Gasteiger partial charge on any atom is -0.322 e. The minimum atomic E-state index is -0.365. The molecule has 0 radical (unpaired) electrons. The van der Waals surface area contributed by atoms with Crippen molar-refractivity contribution in [1.82, 2.24) is 4.98 Å². The van der Waals surface area contributed by atoms with Crippen molar-refractivity contribution in [2.24, 2.45) is 0 Å². The van der Waals surface area contributed by atoms with Gasteiger partial charge in [0.05, 0.1) is 11.3 Å². The van der Waals surface area contributed by atoms with Crippen molar-refractivity contribution in [1.29, 1.82) is 0 Å². The van der Waals surface area contributed by atoms with E-state index in [9.17, 15) is 9.59 Å². The zero-order valence-corrected chi connectivity index (χ0v) is 13.7. The molecule has 0 aliphatic rings. The van der Waals surface area contributed by atoms with Gasteiger partial charge < -0.3 is 10.6 Å². The summed E-state index contributed by atoms with van der Waals surface area (Å²) in [5, 5.41) is 5.57. The van der Waals surface area contributed by atoms with Crippen LogP contribution in [0.5, 0.6) is 0 Å². The van der Waals surface area contributed by atoms with E-state index in [4.69, 9.17) is 0 Å². The Bertz CT molecular complexity index is 890. The molecule has 25 heavy (non-hydrogen) atoms. The first-order chi connectivity index (χ1) is 12.1. The Morgan fingerprint density at radius 3 is 2.24 bits per heavy atom. The average molecular weight is 331 g/mol. The molecule has 3 aromatic rings. The Morgan fingerprint density at radius 1 is 0.800 bits per heavy atom. The van der Waals surface area contributed by atoms with Gasteiger partial charge in [-0.2, -0.15) is 0 Å². The van der Waals surface area contributed by atoms with Crippen LogP contribution >= 0.6 is 0 Å². The maximum Gasteiger partial charge on any atom is 0.274 e. The lowest BCUT2D eigenvalue weighted by molar-refractivity contribution is 0.102. The van der Waals surface area contributed by atoms with Gasteiger partial charge in [-0.25, -0.2) is 0 Å². The Balaban J connectivity index is 1.79. The maximum absolute atomic E-state index is 12.6. The number of rotatable bonds is 4. The second-order valence-corrected chi connectivity index (χ2v) is 5.53. The molecule has 2 aromatic carbocycles. The molecule has 0 spiro atoms. The summed E-state index contributed by atoms with van der Waals surface area (Å²) in [6.45, 7) is 1.98. The molecule has 0 saturated heterocycles. The average Bonchev–Trinajstić information content (AvgIpc) is 2.64. The predicted octanol–water partition coefficient (Wildman–Crippen LogP) is 3.89. The second kappa shape index (κ2) is 7.40. The van der Waals surface area contributed by atoms with E-state index in [1.807, 2.05) is 31.2 Å². The molecule has 5 heteroatoms. The van der Waals surface area contributed by atoms with Crippen LogP contribution in [-0.2, 0) is 0 Å². The van der Waals surface area contributed by atoms with Gasteiger partial charge in [0.25, 0.3) is 11.8 Å². The number of anilines is 2. The first-order valence-corrected chi connectivity index (χ1v) is 7.83. The van der Waals surface area contributed by atoms with Crippen LogP contribution in [-0.4, -0.2) is 16.8 Å². The Kier molecular flexibility index (Phi) is 4.85. The van der Waals surface area contributed by atoms with Crippen molar-refractivity contribution in [2.45, 2.75) is 6.92 Å². The molecule has 3 rings (SSSR count). The largest absolute Gasteiger partial charge is 0.322 e. The lowest BCUT2D eigenvalue weighted by atomic mass is 10.1. The van der Waals surface area contributed by atoms with Gasteiger partial charge in [-0.1, -0.05) is 35.9 Å². The highest BCUT2D eigenvalue weighted by Crippen LogP contribution is 2.18. The molecule has 0 bridgehead atoms. The van der Waals surface area contributed by atoms with E-state index in [0.717, 1.165) is 5.56 Å². The number of aryl methyl sites for hydroxylation is 1. The van der Waals surface area contributed by atoms with E-state index in [-0.39, 0.29) is 17.5 Å². The SMILES string of the molecule is Cc1ccc(NC(=O)c2ccccc2NC(=O)c2ccccn2)cc1. The predicted molar refractivity (Wildman–Crippen MR) is 97.8 cm³/mol. The lowest BCUT2D eigenvalue weighted by Crippen LogP contribution is -2.18. The van der Waals surface area contributed by atoms with Crippen LogP contribution in [0.3, 0.4) is 0 Å². The molecule has 124 valence electrons. The molecule has 0 fully saturated rings. The molecule has 1 aromatic heterocycles. The first kappa shape index (κ1) is 16.4. The van der Waals surface area contributed by atoms with Crippen LogP contribution in [0.15, 0.2) is 72.9 Å². The number of hydrogen-bond acceptors (Lipinski definition) is 3. The molecule has 5 nitrogen and oxygen atoms in total. The van der Waals surface area contributed by atoms with E-state index in [1.165, 1.54) is 0 Å². The van der Waals surface area contributed by atoms with Crippen LogP contribution in [0.4, 0.5) is 11.4 Å². The lowest BCUT2D eigenvalue weighted by Gasteiger charge is -2.11. The van der Waals surface area contributed by atoms with Gasteiger partial charge in [0.15, 0.2) is 0 Å². The van der Waals surface area contributed by atoms with Gasteiger partial charge in [-0.3, -0.25) is 14.6 Å². The van der Waals surface area contributed by atoms with Crippen molar-refractivity contribution < 1.29 is 9.59 Å². The fraction of sp³-hybridized carbons (Fsp3) is 0.0500. The number of aromatic nitrogens is 1. The molecule has 1 heterocycles. The van der Waals surface area contributed by atoms with Gasteiger partial charge in [-0.05, 0) is 43.3 Å². The summed E-state index contributed by atoms with van der Waals surface area (Å²) in [4.78, 5) is 28.9. The molecule has 2 N–H and O–H groups in total. The van der Waals surface area contributed by atoms with Gasteiger partial charge in [0.1, 0.15) is 5.69 Å². The molecule has 0 saturated carbocycles. The summed E-state index contributed by atoms with van der Waals surface area (Å²) in [5.41, 5.74) is 2.91. The van der Waals surface area contributed by atoms with E-state index < -0.39 is 0 Å². The molecule has 0 aliphatic heterocycles. The molecule has 0 atom stereocenters. The van der Waals surface area contributed by atoms with Crippen molar-refractivity contribution in [3.05, 3.63) is 89.7 Å². The summed E-state index contributed by atoms with van der Waals surface area (Å²) in [7, 11) is 0. The fourth-order valence-electron chi connectivity index (χ4n) is 2.31. The number of carbonyl (C=O) groups is 2. The summed E-state index contributed by atoms with van der Waals surface area (Å²) in [6.07, 6.45) is 1.55. The molecular formula is C20H17N3O2. The molecule has 0 aliphatic carbocycles. The highest BCUT2D eigenvalue weighted by molar-refractivity contribution is 6.12. The number of benzene rings is 2. The van der Waals surface area contributed by atoms with E-state index >= 15 is 0 Å². The molecule has 2 amide bonds. The minimum absolute atomic E-state index is 0.288. The van der Waals surface area contributed by atoms with Gasteiger partial charge in [-0.15, -0.1) is 0 Å². The highest BCUT2D eigenvalue weighted by atomic mass is 16.2. The summed E-state index contributed by atoms with van der Waals surface area (Å²) in [6, 6.07) is 19.5. The van der Waals surface area contributed by atoms with E-state index in [0.29, 0.717) is 16.9 Å². The normalized spacial score (nSPS) is 10.1. The number of hydrogen-bond donors (Lipinski definition) is 2. The maximum atomic E-state index is 12.6. The van der Waals surface area contributed by atoms with E-state index in [1.54, 1.807) is 48.7 Å². The molecule has 0 unspecified atom stereocenters. The van der Waals surface area contributed by atoms with Crippen LogP contribution in [0.25, 0.3) is 0 Å². The van der Waals surface area contributed by atoms with Gasteiger partial charge in [0, 0.05) is 11.9 Å². The number of para-hydroxylation sites is 1. The van der Waals surface area contributed by atoms with Crippen molar-refractivity contribution in [3.63, 3.8) is 0 Å². The van der Waals surface area contributed by atoms with Gasteiger partial charge in [0.2, 0.25) is 0 Å². The summed E-state index contributed by atoms with van der Waals surface area (Å²) < 4.78 is 0. The Labute approximate surface area is 145 Å². The number of amides is 2. The van der Waals surface area contributed by atoms with Crippen LogP contribution in [0, 0.1) is 6.92 Å². The third kappa shape index (κ3) is 4.09. The monoisotopic (exact) mass is 331 g/mol. The smallest absolute Gasteiger partial charge is 0.274 e. The van der Waals surface area contributed by atoms with Gasteiger partial charge >= 0.3 is 0 Å². The third-order valence-corrected chi connectivity index (χ3v) is 3.63. The van der Waals surface area contributed by atoms with Crippen LogP contribution < -0.4 is 10.6 Å². The Hall–Kier alpha value is -3.47. The van der Waals surface area contributed by atoms with Crippen LogP contribution in [0.2, 0.25) is 0 Å². The van der Waals surface area contributed by atoms with Crippen molar-refractivity contribution in [2.75, 3.05) is 10.6 Å². The molecular weight excluding hydrogens is 314 g/mol. The van der Waals surface area contributed by atoms with Crippen molar-refractivity contribution in [3.8, 4) is 0 Å². The van der Waals surface area contributed by atoms with Crippen LogP contribution in [0.1, 0.15) is 26.4 Å². The summed E-state index contributed by atoms with van der Waals surface area (Å²) >= 11 is 0. The number of pyridine rings is 1. The zero-order valence-electron chi connectivity index (χ0n) is 13.7. The highest BCUT2D eigenvalue weighted by Gasteiger charge is 2.14. The number of nitrogens with zero attached hydrogens (tertiary/aromatic N) is 1.